The van der Waals surface area contributed by atoms with Crippen molar-refractivity contribution in [2.45, 2.75) is 31.2 Å². The number of hydrogen-bond donors (Lipinski definition) is 3. The van der Waals surface area contributed by atoms with Gasteiger partial charge in [0, 0.05) is 35.9 Å². The number of sulfonamides is 1. The van der Waals surface area contributed by atoms with Crippen LogP contribution in [0.15, 0.2) is 83.9 Å². The van der Waals surface area contributed by atoms with Crippen molar-refractivity contribution in [1.82, 2.24) is 10.3 Å². The van der Waals surface area contributed by atoms with E-state index in [9.17, 15) is 8.42 Å². The number of ether oxygens (including phenoxy) is 1. The van der Waals surface area contributed by atoms with Crippen molar-refractivity contribution in [3.63, 3.8) is 0 Å². The topological polar surface area (TPSA) is 83.2 Å². The van der Waals surface area contributed by atoms with Gasteiger partial charge < -0.3 is 15.0 Å². The molecule has 0 unspecified atom stereocenters. The summed E-state index contributed by atoms with van der Waals surface area (Å²) in [4.78, 5) is 3.44. The third-order valence-electron chi connectivity index (χ3n) is 5.37. The SMILES string of the molecule is CCCc1ccc(S(=O)(=O)Nc2cccc(CNCCOc3cccc4[nH]ccc34)c2)cc1. The third kappa shape index (κ3) is 5.94. The number of hydrogen-bond acceptors (Lipinski definition) is 4. The van der Waals surface area contributed by atoms with E-state index in [1.807, 2.05) is 60.8 Å². The van der Waals surface area contributed by atoms with Gasteiger partial charge in [-0.3, -0.25) is 4.72 Å². The number of aromatic nitrogens is 1. The number of aryl methyl sites for hydroxylation is 1. The predicted molar refractivity (Wildman–Crippen MR) is 133 cm³/mol. The average molecular weight is 464 g/mol. The molecule has 6 nitrogen and oxygen atoms in total. The zero-order valence-electron chi connectivity index (χ0n) is 18.7. The summed E-state index contributed by atoms with van der Waals surface area (Å²) in [6.45, 7) is 3.91. The molecule has 3 aromatic carbocycles. The van der Waals surface area contributed by atoms with Crippen molar-refractivity contribution >= 4 is 26.6 Å². The lowest BCUT2D eigenvalue weighted by Crippen LogP contribution is -2.20. The Morgan fingerprint density at radius 2 is 1.76 bits per heavy atom. The Labute approximate surface area is 195 Å². The molecule has 4 aromatic rings. The van der Waals surface area contributed by atoms with Crippen LogP contribution in [0.2, 0.25) is 0 Å². The molecule has 0 aliphatic heterocycles. The van der Waals surface area contributed by atoms with Crippen LogP contribution >= 0.6 is 0 Å². The molecule has 33 heavy (non-hydrogen) atoms. The molecule has 3 N–H and O–H groups in total. The Morgan fingerprint density at radius 3 is 2.58 bits per heavy atom. The highest BCUT2D eigenvalue weighted by Gasteiger charge is 2.14. The summed E-state index contributed by atoms with van der Waals surface area (Å²) in [5.74, 6) is 0.856. The first-order chi connectivity index (χ1) is 16.0. The quantitative estimate of drug-likeness (QED) is 0.271. The van der Waals surface area contributed by atoms with Crippen LogP contribution in [0.25, 0.3) is 10.9 Å². The van der Waals surface area contributed by atoms with Gasteiger partial charge in [0.2, 0.25) is 0 Å². The van der Waals surface area contributed by atoms with Gasteiger partial charge in [0.1, 0.15) is 12.4 Å². The van der Waals surface area contributed by atoms with E-state index in [0.717, 1.165) is 40.6 Å². The van der Waals surface area contributed by atoms with E-state index in [2.05, 4.69) is 21.9 Å². The smallest absolute Gasteiger partial charge is 0.261 e. The van der Waals surface area contributed by atoms with Gasteiger partial charge in [-0.1, -0.05) is 43.7 Å². The second-order valence-electron chi connectivity index (χ2n) is 7.92. The molecule has 1 heterocycles. The molecule has 172 valence electrons. The van der Waals surface area contributed by atoms with Gasteiger partial charge in [-0.15, -0.1) is 0 Å². The van der Waals surface area contributed by atoms with Gasteiger partial charge in [-0.2, -0.15) is 0 Å². The fourth-order valence-electron chi connectivity index (χ4n) is 3.73. The molecule has 7 heteroatoms. The van der Waals surface area contributed by atoms with Crippen molar-refractivity contribution in [2.75, 3.05) is 17.9 Å². The Bertz CT molecular complexity index is 1300. The largest absolute Gasteiger partial charge is 0.492 e. The highest BCUT2D eigenvalue weighted by molar-refractivity contribution is 7.92. The van der Waals surface area contributed by atoms with Crippen LogP contribution < -0.4 is 14.8 Å². The van der Waals surface area contributed by atoms with Crippen LogP contribution in [0.1, 0.15) is 24.5 Å². The van der Waals surface area contributed by atoms with Gasteiger partial charge >= 0.3 is 0 Å². The minimum Gasteiger partial charge on any atom is -0.492 e. The summed E-state index contributed by atoms with van der Waals surface area (Å²) in [7, 11) is -3.63. The maximum absolute atomic E-state index is 12.7. The summed E-state index contributed by atoms with van der Waals surface area (Å²) >= 11 is 0. The molecule has 0 aliphatic carbocycles. The average Bonchev–Trinajstić information content (AvgIpc) is 3.29. The molecule has 0 bridgehead atoms. The van der Waals surface area contributed by atoms with E-state index >= 15 is 0 Å². The van der Waals surface area contributed by atoms with Crippen LogP contribution in [0.5, 0.6) is 5.75 Å². The Hall–Kier alpha value is -3.29. The molecule has 0 amide bonds. The van der Waals surface area contributed by atoms with Crippen molar-refractivity contribution in [2.24, 2.45) is 0 Å². The van der Waals surface area contributed by atoms with Crippen LogP contribution in [-0.4, -0.2) is 26.6 Å². The maximum Gasteiger partial charge on any atom is 0.261 e. The van der Waals surface area contributed by atoms with Crippen molar-refractivity contribution in [1.29, 1.82) is 0 Å². The maximum atomic E-state index is 12.7. The highest BCUT2D eigenvalue weighted by atomic mass is 32.2. The van der Waals surface area contributed by atoms with E-state index < -0.39 is 10.0 Å². The normalized spacial score (nSPS) is 11.5. The number of anilines is 1. The zero-order chi connectivity index (χ0) is 23.1. The van der Waals surface area contributed by atoms with E-state index in [1.54, 1.807) is 18.2 Å². The van der Waals surface area contributed by atoms with Gasteiger partial charge in [0.25, 0.3) is 10.0 Å². The van der Waals surface area contributed by atoms with E-state index in [1.165, 1.54) is 0 Å². The molecule has 1 aromatic heterocycles. The lowest BCUT2D eigenvalue weighted by Gasteiger charge is -2.11. The molecule has 4 rings (SSSR count). The number of aromatic amines is 1. The van der Waals surface area contributed by atoms with Crippen molar-refractivity contribution in [3.8, 4) is 5.75 Å². The summed E-state index contributed by atoms with van der Waals surface area (Å²) in [5, 5.41) is 4.41. The minimum absolute atomic E-state index is 0.264. The molecule has 0 radical (unpaired) electrons. The Kier molecular flexibility index (Phi) is 7.32. The van der Waals surface area contributed by atoms with E-state index in [-0.39, 0.29) is 4.90 Å². The number of benzene rings is 3. The van der Waals surface area contributed by atoms with Gasteiger partial charge in [-0.25, -0.2) is 8.42 Å². The number of nitrogens with one attached hydrogen (secondary N) is 3. The molecule has 0 saturated carbocycles. The Morgan fingerprint density at radius 1 is 0.939 bits per heavy atom. The number of rotatable bonds is 11. The summed E-state index contributed by atoms with van der Waals surface area (Å²) in [5.41, 5.74) is 3.72. The first-order valence-corrected chi connectivity index (χ1v) is 12.6. The van der Waals surface area contributed by atoms with Crippen LogP contribution in [-0.2, 0) is 23.0 Å². The molecule has 0 saturated heterocycles. The number of H-pyrrole nitrogens is 1. The second kappa shape index (κ2) is 10.6. The third-order valence-corrected chi connectivity index (χ3v) is 6.77. The molecule has 0 atom stereocenters. The minimum atomic E-state index is -3.63. The van der Waals surface area contributed by atoms with Gasteiger partial charge in [0.15, 0.2) is 0 Å². The lowest BCUT2D eigenvalue weighted by atomic mass is 10.1. The monoisotopic (exact) mass is 463 g/mol. The fourth-order valence-corrected chi connectivity index (χ4v) is 4.78. The molecule has 0 aliphatic rings. The molecular weight excluding hydrogens is 434 g/mol. The fraction of sp³-hybridized carbons (Fsp3) is 0.231. The summed E-state index contributed by atoms with van der Waals surface area (Å²) in [6.07, 6.45) is 3.87. The highest BCUT2D eigenvalue weighted by Crippen LogP contribution is 2.24. The first kappa shape index (κ1) is 22.9. The standard InChI is InChI=1S/C26H29N3O3S/c1-2-5-20-10-12-23(13-11-20)33(30,31)29-22-7-3-6-21(18-22)19-27-16-17-32-26-9-4-8-25-24(26)14-15-28-25/h3-4,6-15,18,27-29H,2,5,16-17,19H2,1H3. The summed E-state index contributed by atoms with van der Waals surface area (Å²) in [6, 6.07) is 22.4. The van der Waals surface area contributed by atoms with Crippen molar-refractivity contribution in [3.05, 3.63) is 90.1 Å². The lowest BCUT2D eigenvalue weighted by molar-refractivity contribution is 0.317. The zero-order valence-corrected chi connectivity index (χ0v) is 19.5. The predicted octanol–water partition coefficient (Wildman–Crippen LogP) is 5.09. The molecule has 0 spiro atoms. The molecule has 0 fully saturated rings. The van der Waals surface area contributed by atoms with Gasteiger partial charge in [-0.05, 0) is 60.0 Å². The van der Waals surface area contributed by atoms with Gasteiger partial charge in [0.05, 0.1) is 4.90 Å². The first-order valence-electron chi connectivity index (χ1n) is 11.2. The van der Waals surface area contributed by atoms with E-state index in [0.29, 0.717) is 25.4 Å². The van der Waals surface area contributed by atoms with Crippen LogP contribution in [0.4, 0.5) is 5.69 Å². The van der Waals surface area contributed by atoms with E-state index in [4.69, 9.17) is 4.74 Å². The summed E-state index contributed by atoms with van der Waals surface area (Å²) < 4.78 is 34.1. The van der Waals surface area contributed by atoms with Crippen LogP contribution in [0, 0.1) is 0 Å². The second-order valence-corrected chi connectivity index (χ2v) is 9.60. The van der Waals surface area contributed by atoms with Crippen LogP contribution in [0.3, 0.4) is 0 Å². The van der Waals surface area contributed by atoms with Crippen molar-refractivity contribution < 1.29 is 13.2 Å². The Balaban J connectivity index is 1.29. The number of fused-ring (bicyclic) bond motifs is 1. The molecular formula is C26H29N3O3S.